The van der Waals surface area contributed by atoms with Crippen LogP contribution in [0.2, 0.25) is 0 Å². The summed E-state index contributed by atoms with van der Waals surface area (Å²) >= 11 is 0. The van der Waals surface area contributed by atoms with Crippen LogP contribution in [0.5, 0.6) is 0 Å². The monoisotopic (exact) mass is 266 g/mol. The Bertz CT molecular complexity index is 413. The van der Waals surface area contributed by atoms with Crippen LogP contribution in [-0.4, -0.2) is 5.84 Å². The predicted octanol–water partition coefficient (Wildman–Crippen LogP) is 3.34. The molecule has 6 heteroatoms. The zero-order valence-electron chi connectivity index (χ0n) is 9.43. The first kappa shape index (κ1) is 15.8. The fourth-order valence-electron chi connectivity index (χ4n) is 1.24. The molecule has 17 heavy (non-hydrogen) atoms. The van der Waals surface area contributed by atoms with Gasteiger partial charge in [-0.15, -0.1) is 12.4 Å². The molecular formula is C11H14ClF3N2. The molecule has 0 aliphatic rings. The maximum atomic E-state index is 12.5. The molecule has 1 rings (SSSR count). The Morgan fingerprint density at radius 1 is 1.18 bits per heavy atom. The number of hydrogen-bond acceptors (Lipinski definition) is 1. The lowest BCUT2D eigenvalue weighted by atomic mass is 9.83. The molecule has 3 N–H and O–H groups in total. The topological polar surface area (TPSA) is 49.9 Å². The fourth-order valence-corrected chi connectivity index (χ4v) is 1.24. The number of benzene rings is 1. The first-order valence-electron chi connectivity index (χ1n) is 4.68. The number of rotatable bonds is 2. The molecule has 0 saturated heterocycles. The highest BCUT2D eigenvalue weighted by Gasteiger charge is 2.32. The number of alkyl halides is 3. The summed E-state index contributed by atoms with van der Waals surface area (Å²) < 4.78 is 37.4. The van der Waals surface area contributed by atoms with E-state index in [-0.39, 0.29) is 18.2 Å². The van der Waals surface area contributed by atoms with Gasteiger partial charge in [0.1, 0.15) is 5.84 Å². The maximum absolute atomic E-state index is 12.5. The molecule has 0 spiro atoms. The second kappa shape index (κ2) is 4.96. The highest BCUT2D eigenvalue weighted by molar-refractivity contribution is 5.88. The Labute approximate surface area is 104 Å². The van der Waals surface area contributed by atoms with Gasteiger partial charge in [-0.25, -0.2) is 0 Å². The quantitative estimate of drug-likeness (QED) is 0.626. The summed E-state index contributed by atoms with van der Waals surface area (Å²) in [6.07, 6.45) is -4.37. The summed E-state index contributed by atoms with van der Waals surface area (Å²) in [5.74, 6) is -0.160. The number of nitrogens with one attached hydrogen (secondary N) is 1. The summed E-state index contributed by atoms with van der Waals surface area (Å²) in [4.78, 5) is 0. The average Bonchev–Trinajstić information content (AvgIpc) is 2.16. The molecule has 0 aromatic heterocycles. The van der Waals surface area contributed by atoms with Crippen molar-refractivity contribution >= 4 is 18.2 Å². The molecular weight excluding hydrogens is 253 g/mol. The van der Waals surface area contributed by atoms with Crippen LogP contribution in [-0.2, 0) is 11.6 Å². The average molecular weight is 267 g/mol. The van der Waals surface area contributed by atoms with Gasteiger partial charge in [0.05, 0.1) is 5.56 Å². The second-order valence-electron chi connectivity index (χ2n) is 4.12. The van der Waals surface area contributed by atoms with Gasteiger partial charge >= 0.3 is 6.18 Å². The van der Waals surface area contributed by atoms with Gasteiger partial charge in [-0.1, -0.05) is 18.2 Å². The minimum absolute atomic E-state index is 0. The Morgan fingerprint density at radius 2 is 1.65 bits per heavy atom. The van der Waals surface area contributed by atoms with E-state index < -0.39 is 17.2 Å². The van der Waals surface area contributed by atoms with Crippen molar-refractivity contribution in [2.75, 3.05) is 0 Å². The van der Waals surface area contributed by atoms with Crippen molar-refractivity contribution in [3.8, 4) is 0 Å². The Morgan fingerprint density at radius 3 is 2.06 bits per heavy atom. The van der Waals surface area contributed by atoms with Crippen molar-refractivity contribution in [2.45, 2.75) is 25.4 Å². The van der Waals surface area contributed by atoms with Crippen LogP contribution in [0, 0.1) is 5.41 Å². The van der Waals surface area contributed by atoms with E-state index in [0.717, 1.165) is 12.1 Å². The van der Waals surface area contributed by atoms with Crippen molar-refractivity contribution < 1.29 is 13.2 Å². The molecule has 0 radical (unpaired) electrons. The summed E-state index contributed by atoms with van der Waals surface area (Å²) in [6, 6.07) is 4.89. The molecule has 0 aliphatic carbocycles. The van der Waals surface area contributed by atoms with E-state index in [2.05, 4.69) is 0 Å². The number of amidine groups is 1. The van der Waals surface area contributed by atoms with Gasteiger partial charge in [-0.2, -0.15) is 13.2 Å². The van der Waals surface area contributed by atoms with Gasteiger partial charge in [-0.3, -0.25) is 5.41 Å². The molecule has 96 valence electrons. The summed E-state index contributed by atoms with van der Waals surface area (Å²) in [6.45, 7) is 3.23. The molecule has 0 bridgehead atoms. The molecule has 0 aliphatic heterocycles. The minimum Gasteiger partial charge on any atom is -0.387 e. The van der Waals surface area contributed by atoms with Crippen molar-refractivity contribution in [3.63, 3.8) is 0 Å². The Kier molecular flexibility index (Phi) is 4.60. The maximum Gasteiger partial charge on any atom is 0.416 e. The number of hydrogen-bond donors (Lipinski definition) is 2. The molecule has 0 heterocycles. The lowest BCUT2D eigenvalue weighted by Gasteiger charge is -2.24. The summed E-state index contributed by atoms with van der Waals surface area (Å²) in [5, 5.41) is 7.36. The fraction of sp³-hybridized carbons (Fsp3) is 0.364. The largest absolute Gasteiger partial charge is 0.416 e. The Balaban J connectivity index is 0.00000256. The van der Waals surface area contributed by atoms with Crippen molar-refractivity contribution in [2.24, 2.45) is 5.73 Å². The molecule has 0 atom stereocenters. The highest BCUT2D eigenvalue weighted by atomic mass is 35.5. The first-order valence-corrected chi connectivity index (χ1v) is 4.68. The standard InChI is InChI=1S/C11H13F3N2.ClH/c1-10(2,9(15)16)7-4-3-5-8(6-7)11(12,13)14;/h3-6H,1-2H3,(H3,15,16);1H. The normalized spacial score (nSPS) is 11.8. The Hall–Kier alpha value is -1.23. The van der Waals surface area contributed by atoms with Crippen molar-refractivity contribution in [3.05, 3.63) is 35.4 Å². The summed E-state index contributed by atoms with van der Waals surface area (Å²) in [5.41, 5.74) is 4.14. The van der Waals surface area contributed by atoms with Crippen LogP contribution in [0.4, 0.5) is 13.2 Å². The van der Waals surface area contributed by atoms with E-state index >= 15 is 0 Å². The van der Waals surface area contributed by atoms with Gasteiger partial charge in [0.15, 0.2) is 0 Å². The van der Waals surface area contributed by atoms with Gasteiger partial charge in [-0.05, 0) is 25.5 Å². The van der Waals surface area contributed by atoms with Crippen LogP contribution in [0.1, 0.15) is 25.0 Å². The van der Waals surface area contributed by atoms with Crippen LogP contribution in [0.25, 0.3) is 0 Å². The van der Waals surface area contributed by atoms with E-state index in [1.54, 1.807) is 13.8 Å². The SMILES string of the molecule is CC(C)(C(=N)N)c1cccc(C(F)(F)F)c1.Cl. The zero-order valence-corrected chi connectivity index (χ0v) is 10.2. The molecule has 0 saturated carbocycles. The molecule has 2 nitrogen and oxygen atoms in total. The first-order chi connectivity index (χ1) is 7.15. The van der Waals surface area contributed by atoms with E-state index in [0.29, 0.717) is 5.56 Å². The van der Waals surface area contributed by atoms with Crippen molar-refractivity contribution in [1.82, 2.24) is 0 Å². The predicted molar refractivity (Wildman–Crippen MR) is 63.6 cm³/mol. The van der Waals surface area contributed by atoms with E-state index in [1.165, 1.54) is 12.1 Å². The van der Waals surface area contributed by atoms with Gasteiger partial charge in [0.25, 0.3) is 0 Å². The molecule has 0 fully saturated rings. The van der Waals surface area contributed by atoms with Crippen LogP contribution < -0.4 is 5.73 Å². The smallest absolute Gasteiger partial charge is 0.387 e. The third-order valence-electron chi connectivity index (χ3n) is 2.58. The second-order valence-corrected chi connectivity index (χ2v) is 4.12. The molecule has 0 unspecified atom stereocenters. The van der Waals surface area contributed by atoms with Crippen LogP contribution in [0.3, 0.4) is 0 Å². The van der Waals surface area contributed by atoms with E-state index in [1.807, 2.05) is 0 Å². The lowest BCUT2D eigenvalue weighted by Crippen LogP contribution is -2.35. The third-order valence-corrected chi connectivity index (χ3v) is 2.58. The molecule has 0 amide bonds. The van der Waals surface area contributed by atoms with E-state index in [9.17, 15) is 13.2 Å². The third kappa shape index (κ3) is 3.36. The zero-order chi connectivity index (χ0) is 12.6. The number of nitrogens with two attached hydrogens (primary N) is 1. The van der Waals surface area contributed by atoms with Gasteiger partial charge in [0.2, 0.25) is 0 Å². The summed E-state index contributed by atoms with van der Waals surface area (Å²) in [7, 11) is 0. The highest BCUT2D eigenvalue weighted by Crippen LogP contribution is 2.32. The van der Waals surface area contributed by atoms with Crippen LogP contribution in [0.15, 0.2) is 24.3 Å². The van der Waals surface area contributed by atoms with Gasteiger partial charge in [0, 0.05) is 5.41 Å². The minimum atomic E-state index is -4.37. The van der Waals surface area contributed by atoms with Gasteiger partial charge < -0.3 is 5.73 Å². The molecule has 1 aromatic rings. The molecule has 1 aromatic carbocycles. The van der Waals surface area contributed by atoms with Crippen molar-refractivity contribution in [1.29, 1.82) is 5.41 Å². The number of halogens is 4. The van der Waals surface area contributed by atoms with Crippen LogP contribution >= 0.6 is 12.4 Å². The van der Waals surface area contributed by atoms with E-state index in [4.69, 9.17) is 11.1 Å². The lowest BCUT2D eigenvalue weighted by molar-refractivity contribution is -0.137.